The zero-order chi connectivity index (χ0) is 19.2. The molecule has 0 spiro atoms. The molecule has 9 heteroatoms. The Hall–Kier alpha value is -3.04. The van der Waals surface area contributed by atoms with Crippen molar-refractivity contribution in [1.82, 2.24) is 0 Å². The third-order valence-electron chi connectivity index (χ3n) is 1.75. The van der Waals surface area contributed by atoms with Crippen molar-refractivity contribution < 1.29 is 33.8 Å². The lowest BCUT2D eigenvalue weighted by Crippen LogP contribution is -2.18. The molecule has 0 fully saturated rings. The Morgan fingerprint density at radius 2 is 1.38 bits per heavy atom. The Balaban J connectivity index is 0. The van der Waals surface area contributed by atoms with Gasteiger partial charge in [-0.2, -0.15) is 0 Å². The van der Waals surface area contributed by atoms with E-state index in [0.29, 0.717) is 0 Å². The van der Waals surface area contributed by atoms with E-state index < -0.39 is 17.5 Å². The van der Waals surface area contributed by atoms with E-state index in [2.05, 4.69) is 41.3 Å². The molecule has 0 rings (SSSR count). The lowest BCUT2D eigenvalue weighted by molar-refractivity contribution is -0.133. The van der Waals surface area contributed by atoms with Gasteiger partial charge in [0.15, 0.2) is 0 Å². The minimum Gasteiger partial charge on any atom is -0.464 e. The summed E-state index contributed by atoms with van der Waals surface area (Å²) in [5.74, 6) is 5.40. The van der Waals surface area contributed by atoms with Gasteiger partial charge in [0, 0.05) is 0 Å². The molecule has 0 aromatic heterocycles. The average Bonchev–Trinajstić information content (AvgIpc) is 2.54. The Kier molecular flexibility index (Phi) is 12.1. The second-order valence-electron chi connectivity index (χ2n) is 4.18. The molecular formula is C15H20N2O7. The van der Waals surface area contributed by atoms with Crippen molar-refractivity contribution in [2.45, 2.75) is 19.4 Å². The van der Waals surface area contributed by atoms with Crippen LogP contribution < -0.4 is 0 Å². The molecule has 0 aromatic rings. The Labute approximate surface area is 140 Å². The molecule has 24 heavy (non-hydrogen) atoms. The predicted molar refractivity (Wildman–Crippen MR) is 85.8 cm³/mol. The largest absolute Gasteiger partial charge is 0.464 e. The number of esters is 2. The lowest BCUT2D eigenvalue weighted by Gasteiger charge is -2.05. The minimum absolute atomic E-state index is 0.176. The number of terminal acetylenes is 1. The number of carbonyl (C=O) groups excluding carboxylic acids is 2. The zero-order valence-electron chi connectivity index (χ0n) is 14.4. The maximum absolute atomic E-state index is 11.0. The maximum atomic E-state index is 11.0. The van der Waals surface area contributed by atoms with E-state index in [0.717, 1.165) is 0 Å². The van der Waals surface area contributed by atoms with Gasteiger partial charge in [-0.05, 0) is 25.7 Å². The summed E-state index contributed by atoms with van der Waals surface area (Å²) in [5, 5.41) is 15.8. The van der Waals surface area contributed by atoms with Crippen LogP contribution in [0.5, 0.6) is 0 Å². The molecule has 0 aromatic carbocycles. The first-order chi connectivity index (χ1) is 11.2. The fourth-order valence-corrected chi connectivity index (χ4v) is 0.822. The van der Waals surface area contributed by atoms with E-state index in [9.17, 15) is 14.7 Å². The molecule has 0 aliphatic carbocycles. The molecule has 0 aliphatic rings. The fourth-order valence-electron chi connectivity index (χ4n) is 0.822. The van der Waals surface area contributed by atoms with E-state index >= 15 is 0 Å². The normalized spacial score (nSPS) is 10.8. The SMILES string of the molecule is C#C/C(=N\OC)C(=O)OC.CO/N=C(\C#CC(C)(C)O)C(=O)OC. The molecule has 0 saturated carbocycles. The highest BCUT2D eigenvalue weighted by atomic mass is 16.6. The topological polar surface area (TPSA) is 116 Å². The van der Waals surface area contributed by atoms with Gasteiger partial charge in [-0.25, -0.2) is 9.59 Å². The summed E-state index contributed by atoms with van der Waals surface area (Å²) in [6.07, 6.45) is 4.87. The molecule has 132 valence electrons. The first kappa shape index (κ1) is 23.2. The molecular weight excluding hydrogens is 320 g/mol. The van der Waals surface area contributed by atoms with Crippen LogP contribution in [0.4, 0.5) is 0 Å². The van der Waals surface area contributed by atoms with Gasteiger partial charge >= 0.3 is 11.9 Å². The third-order valence-corrected chi connectivity index (χ3v) is 1.75. The summed E-state index contributed by atoms with van der Waals surface area (Å²) in [6.45, 7) is 2.98. The Bertz CT molecular complexity index is 584. The van der Waals surface area contributed by atoms with Crippen LogP contribution in [0, 0.1) is 24.2 Å². The smallest absolute Gasteiger partial charge is 0.368 e. The second-order valence-corrected chi connectivity index (χ2v) is 4.18. The van der Waals surface area contributed by atoms with Crippen molar-refractivity contribution in [3.8, 4) is 24.2 Å². The highest BCUT2D eigenvalue weighted by Crippen LogP contribution is 1.96. The summed E-state index contributed by atoms with van der Waals surface area (Å²) in [4.78, 5) is 30.2. The third kappa shape index (κ3) is 11.6. The molecule has 0 heterocycles. The van der Waals surface area contributed by atoms with E-state index in [4.69, 9.17) is 6.42 Å². The van der Waals surface area contributed by atoms with E-state index in [-0.39, 0.29) is 11.4 Å². The number of aliphatic hydroxyl groups is 1. The molecule has 0 amide bonds. The number of hydrogen-bond acceptors (Lipinski definition) is 9. The van der Waals surface area contributed by atoms with Gasteiger partial charge in [0.25, 0.3) is 0 Å². The van der Waals surface area contributed by atoms with E-state index in [1.807, 2.05) is 5.92 Å². The number of ether oxygens (including phenoxy) is 2. The first-order valence-electron chi connectivity index (χ1n) is 6.27. The number of carbonyl (C=O) groups is 2. The van der Waals surface area contributed by atoms with Gasteiger partial charge in [-0.1, -0.05) is 16.2 Å². The average molecular weight is 340 g/mol. The maximum Gasteiger partial charge on any atom is 0.368 e. The van der Waals surface area contributed by atoms with Gasteiger partial charge < -0.3 is 24.3 Å². The number of methoxy groups -OCH3 is 2. The standard InChI is InChI=1S/C9H13NO4.C6H7NO3/c1-9(2,12)6-5-7(10-14-4)8(11)13-3;1-4-5(7-10-3)6(8)9-2/h12H,1-4H3;1H,2-3H3/b10-7+;7-5+. The number of oxime groups is 2. The van der Waals surface area contributed by atoms with Crippen LogP contribution in [0.15, 0.2) is 10.3 Å². The van der Waals surface area contributed by atoms with Crippen LogP contribution >= 0.6 is 0 Å². The molecule has 0 aliphatic heterocycles. The first-order valence-corrected chi connectivity index (χ1v) is 6.27. The van der Waals surface area contributed by atoms with Crippen molar-refractivity contribution in [2.24, 2.45) is 10.3 Å². The predicted octanol–water partition coefficient (Wildman–Crippen LogP) is -0.269. The van der Waals surface area contributed by atoms with E-state index in [1.165, 1.54) is 42.3 Å². The molecule has 0 unspecified atom stereocenters. The van der Waals surface area contributed by atoms with Crippen molar-refractivity contribution in [3.63, 3.8) is 0 Å². The van der Waals surface area contributed by atoms with Crippen LogP contribution in [0.2, 0.25) is 0 Å². The minimum atomic E-state index is -1.19. The van der Waals surface area contributed by atoms with Crippen LogP contribution in [-0.2, 0) is 28.7 Å². The number of rotatable bonds is 4. The summed E-state index contributed by atoms with van der Waals surface area (Å²) in [7, 11) is 5.00. The zero-order valence-corrected chi connectivity index (χ0v) is 14.4. The molecule has 1 N–H and O–H groups in total. The van der Waals surface area contributed by atoms with Crippen molar-refractivity contribution in [3.05, 3.63) is 0 Å². The molecule has 0 saturated heterocycles. The highest BCUT2D eigenvalue weighted by Gasteiger charge is 2.12. The van der Waals surface area contributed by atoms with Gasteiger partial charge in [-0.15, -0.1) is 6.42 Å². The Morgan fingerprint density at radius 1 is 0.958 bits per heavy atom. The van der Waals surface area contributed by atoms with Crippen molar-refractivity contribution in [2.75, 3.05) is 28.4 Å². The monoisotopic (exact) mass is 340 g/mol. The van der Waals surface area contributed by atoms with Gasteiger partial charge in [-0.3, -0.25) is 0 Å². The highest BCUT2D eigenvalue weighted by molar-refractivity contribution is 6.43. The van der Waals surface area contributed by atoms with Gasteiger partial charge in [0.1, 0.15) is 19.8 Å². The summed E-state index contributed by atoms with van der Waals surface area (Å²) in [6, 6.07) is 0. The number of hydrogen-bond donors (Lipinski definition) is 1. The molecule has 0 atom stereocenters. The quantitative estimate of drug-likeness (QED) is 0.324. The number of nitrogens with zero attached hydrogens (tertiary/aromatic N) is 2. The summed E-state index contributed by atoms with van der Waals surface area (Å²) >= 11 is 0. The van der Waals surface area contributed by atoms with Gasteiger partial charge in [0.05, 0.1) is 14.2 Å². The Morgan fingerprint density at radius 3 is 1.71 bits per heavy atom. The van der Waals surface area contributed by atoms with Crippen molar-refractivity contribution >= 4 is 23.4 Å². The summed E-state index contributed by atoms with van der Waals surface area (Å²) < 4.78 is 8.66. The van der Waals surface area contributed by atoms with Crippen LogP contribution in [0.3, 0.4) is 0 Å². The van der Waals surface area contributed by atoms with E-state index in [1.54, 1.807) is 0 Å². The second kappa shape index (κ2) is 12.5. The van der Waals surface area contributed by atoms with Gasteiger partial charge in [0.2, 0.25) is 11.4 Å². The van der Waals surface area contributed by atoms with Crippen LogP contribution in [0.25, 0.3) is 0 Å². The lowest BCUT2D eigenvalue weighted by atomic mass is 10.1. The van der Waals surface area contributed by atoms with Crippen LogP contribution in [-0.4, -0.2) is 62.5 Å². The molecule has 0 bridgehead atoms. The molecule has 9 nitrogen and oxygen atoms in total. The van der Waals surface area contributed by atoms with Crippen LogP contribution in [0.1, 0.15) is 13.8 Å². The van der Waals surface area contributed by atoms with Crippen molar-refractivity contribution in [1.29, 1.82) is 0 Å². The fraction of sp³-hybridized carbons (Fsp3) is 0.467. The molecule has 0 radical (unpaired) electrons. The summed E-state index contributed by atoms with van der Waals surface area (Å²) in [5.41, 5.74) is -1.55.